The third-order valence-corrected chi connectivity index (χ3v) is 7.21. The number of nitrogens with one attached hydrogen (secondary N) is 1. The number of hydrogen-bond donors (Lipinski definition) is 1. The number of carbonyl (C=O) groups excluding carboxylic acids is 1. The van der Waals surface area contributed by atoms with Gasteiger partial charge in [-0.1, -0.05) is 25.7 Å². The molecule has 2 nitrogen and oxygen atoms in total. The standard InChI is InChI=1S/C16H19FINOSSi/c1-22(2,3)9-7-11-10-12(17)4-5-14(11)19-16(20)15-13(18)6-8-21-15/h4-6,8,10H,7,9H2,1-3H3,(H,19,20). The fraction of sp³-hybridized carbons (Fsp3) is 0.312. The Bertz CT molecular complexity index is 681. The van der Waals surface area contributed by atoms with Crippen molar-refractivity contribution in [3.8, 4) is 0 Å². The van der Waals surface area contributed by atoms with Gasteiger partial charge in [0.2, 0.25) is 0 Å². The highest BCUT2D eigenvalue weighted by atomic mass is 127. The summed E-state index contributed by atoms with van der Waals surface area (Å²) in [5.74, 6) is -0.380. The van der Waals surface area contributed by atoms with Gasteiger partial charge in [0.1, 0.15) is 10.7 Å². The summed E-state index contributed by atoms with van der Waals surface area (Å²) in [6.45, 7) is 6.87. The van der Waals surface area contributed by atoms with Gasteiger partial charge >= 0.3 is 0 Å². The Balaban J connectivity index is 2.20. The van der Waals surface area contributed by atoms with Gasteiger partial charge in [-0.25, -0.2) is 4.39 Å². The van der Waals surface area contributed by atoms with E-state index in [0.29, 0.717) is 10.6 Å². The molecule has 0 radical (unpaired) electrons. The van der Waals surface area contributed by atoms with Crippen LogP contribution in [-0.2, 0) is 6.42 Å². The van der Waals surface area contributed by atoms with Crippen LogP contribution < -0.4 is 5.32 Å². The van der Waals surface area contributed by atoms with Gasteiger partial charge in [-0.05, 0) is 64.2 Å². The molecule has 1 heterocycles. The Morgan fingerprint density at radius 1 is 1.32 bits per heavy atom. The predicted molar refractivity (Wildman–Crippen MR) is 103 cm³/mol. The third-order valence-electron chi connectivity index (χ3n) is 3.28. The molecular weight excluding hydrogens is 428 g/mol. The molecular formula is C16H19FINOSSi. The van der Waals surface area contributed by atoms with Crippen molar-refractivity contribution in [2.75, 3.05) is 5.32 Å². The van der Waals surface area contributed by atoms with Gasteiger partial charge in [0.25, 0.3) is 5.91 Å². The first-order chi connectivity index (χ1) is 10.3. The zero-order valence-corrected chi connectivity index (χ0v) is 16.8. The van der Waals surface area contributed by atoms with Gasteiger partial charge in [0, 0.05) is 17.3 Å². The molecule has 0 fully saturated rings. The van der Waals surface area contributed by atoms with Crippen LogP contribution in [0, 0.1) is 9.39 Å². The maximum Gasteiger partial charge on any atom is 0.266 e. The number of hydrogen-bond acceptors (Lipinski definition) is 2. The summed E-state index contributed by atoms with van der Waals surface area (Å²) in [6.07, 6.45) is 0.796. The maximum atomic E-state index is 13.5. The van der Waals surface area contributed by atoms with Gasteiger partial charge in [-0.3, -0.25) is 4.79 Å². The van der Waals surface area contributed by atoms with E-state index in [4.69, 9.17) is 0 Å². The van der Waals surface area contributed by atoms with E-state index in [2.05, 4.69) is 47.5 Å². The number of amides is 1. The van der Waals surface area contributed by atoms with E-state index >= 15 is 0 Å². The van der Waals surface area contributed by atoms with Crippen molar-refractivity contribution in [1.82, 2.24) is 0 Å². The van der Waals surface area contributed by atoms with Crippen LogP contribution in [0.4, 0.5) is 10.1 Å². The quantitative estimate of drug-likeness (QED) is 0.468. The number of thiophene rings is 1. The lowest BCUT2D eigenvalue weighted by atomic mass is 10.1. The lowest BCUT2D eigenvalue weighted by Crippen LogP contribution is -2.20. The van der Waals surface area contributed by atoms with Crippen LogP contribution in [-0.4, -0.2) is 14.0 Å². The van der Waals surface area contributed by atoms with E-state index in [1.165, 1.54) is 23.5 Å². The molecule has 0 atom stereocenters. The summed E-state index contributed by atoms with van der Waals surface area (Å²) >= 11 is 3.57. The maximum absolute atomic E-state index is 13.5. The normalized spacial score (nSPS) is 11.5. The molecule has 0 saturated carbocycles. The highest BCUT2D eigenvalue weighted by Gasteiger charge is 2.17. The number of anilines is 1. The van der Waals surface area contributed by atoms with E-state index < -0.39 is 8.07 Å². The first kappa shape index (κ1) is 17.6. The number of carbonyl (C=O) groups is 1. The Kier molecular flexibility index (Phi) is 5.79. The van der Waals surface area contributed by atoms with Crippen molar-refractivity contribution in [1.29, 1.82) is 0 Å². The summed E-state index contributed by atoms with van der Waals surface area (Å²) in [7, 11) is -1.22. The zero-order chi connectivity index (χ0) is 16.3. The Morgan fingerprint density at radius 3 is 2.64 bits per heavy atom. The van der Waals surface area contributed by atoms with E-state index in [-0.39, 0.29) is 11.7 Å². The molecule has 2 rings (SSSR count). The van der Waals surface area contributed by atoms with Crippen molar-refractivity contribution in [3.05, 3.63) is 49.5 Å². The summed E-state index contributed by atoms with van der Waals surface area (Å²) in [4.78, 5) is 13.0. The molecule has 0 aliphatic heterocycles. The van der Waals surface area contributed by atoms with Crippen molar-refractivity contribution in [3.63, 3.8) is 0 Å². The number of halogens is 2. The third kappa shape index (κ3) is 4.89. The highest BCUT2D eigenvalue weighted by Crippen LogP contribution is 2.25. The molecule has 6 heteroatoms. The van der Waals surface area contributed by atoms with Gasteiger partial charge in [0.15, 0.2) is 0 Å². The lowest BCUT2D eigenvalue weighted by Gasteiger charge is -2.17. The number of aryl methyl sites for hydroxylation is 1. The fourth-order valence-electron chi connectivity index (χ4n) is 2.04. The van der Waals surface area contributed by atoms with Crippen LogP contribution in [0.2, 0.25) is 25.7 Å². The molecule has 1 aromatic heterocycles. The van der Waals surface area contributed by atoms with Crippen LogP contribution in [0.5, 0.6) is 0 Å². The monoisotopic (exact) mass is 447 g/mol. The Labute approximate surface area is 149 Å². The topological polar surface area (TPSA) is 29.1 Å². The molecule has 1 amide bonds. The number of benzene rings is 1. The van der Waals surface area contributed by atoms with Crippen molar-refractivity contribution < 1.29 is 9.18 Å². The highest BCUT2D eigenvalue weighted by molar-refractivity contribution is 14.1. The molecule has 0 unspecified atom stereocenters. The summed E-state index contributed by atoms with van der Waals surface area (Å²) < 4.78 is 14.5. The van der Waals surface area contributed by atoms with E-state index in [1.807, 2.05) is 11.4 Å². The van der Waals surface area contributed by atoms with Crippen LogP contribution in [0.3, 0.4) is 0 Å². The van der Waals surface area contributed by atoms with Gasteiger partial charge < -0.3 is 5.32 Å². The summed E-state index contributed by atoms with van der Waals surface area (Å²) in [6, 6.07) is 7.57. The van der Waals surface area contributed by atoms with Crippen molar-refractivity contribution in [2.45, 2.75) is 32.1 Å². The Morgan fingerprint density at radius 2 is 2.05 bits per heavy atom. The van der Waals surface area contributed by atoms with Crippen molar-refractivity contribution >= 4 is 53.6 Å². The van der Waals surface area contributed by atoms with E-state index in [0.717, 1.165) is 21.6 Å². The van der Waals surface area contributed by atoms with Crippen molar-refractivity contribution in [2.24, 2.45) is 0 Å². The van der Waals surface area contributed by atoms with Gasteiger partial charge in [-0.2, -0.15) is 0 Å². The SMILES string of the molecule is C[Si](C)(C)CCc1cc(F)ccc1NC(=O)c1sccc1I. The van der Waals surface area contributed by atoms with Crippen LogP contribution in [0.15, 0.2) is 29.6 Å². The lowest BCUT2D eigenvalue weighted by molar-refractivity contribution is 0.102. The molecule has 1 aromatic carbocycles. The molecule has 0 aliphatic rings. The average Bonchev–Trinajstić information content (AvgIpc) is 2.84. The van der Waals surface area contributed by atoms with E-state index in [1.54, 1.807) is 6.07 Å². The van der Waals surface area contributed by atoms with Gasteiger partial charge in [-0.15, -0.1) is 11.3 Å². The predicted octanol–water partition coefficient (Wildman–Crippen LogP) is 5.62. The molecule has 118 valence electrons. The van der Waals surface area contributed by atoms with Gasteiger partial charge in [0.05, 0.1) is 0 Å². The molecule has 0 saturated heterocycles. The fourth-order valence-corrected chi connectivity index (χ4v) is 4.78. The minimum absolute atomic E-state index is 0.125. The minimum Gasteiger partial charge on any atom is -0.321 e. The summed E-state index contributed by atoms with van der Waals surface area (Å²) in [5, 5.41) is 4.83. The van der Waals surface area contributed by atoms with Crippen LogP contribution >= 0.6 is 33.9 Å². The smallest absolute Gasteiger partial charge is 0.266 e. The second-order valence-corrected chi connectivity index (χ2v) is 14.1. The first-order valence-corrected chi connectivity index (χ1v) is 12.8. The number of rotatable bonds is 5. The van der Waals surface area contributed by atoms with E-state index in [9.17, 15) is 9.18 Å². The van der Waals surface area contributed by atoms with Crippen LogP contribution in [0.1, 0.15) is 15.2 Å². The molecule has 2 aromatic rings. The Hall–Kier alpha value is -0.733. The second kappa shape index (κ2) is 7.23. The molecule has 0 spiro atoms. The first-order valence-electron chi connectivity index (χ1n) is 7.09. The molecule has 1 N–H and O–H groups in total. The zero-order valence-electron chi connectivity index (χ0n) is 12.9. The largest absolute Gasteiger partial charge is 0.321 e. The minimum atomic E-state index is -1.22. The second-order valence-electron chi connectivity index (χ2n) is 6.41. The van der Waals surface area contributed by atoms with Crippen LogP contribution in [0.25, 0.3) is 0 Å². The average molecular weight is 447 g/mol. The molecule has 0 bridgehead atoms. The summed E-state index contributed by atoms with van der Waals surface area (Å²) in [5.41, 5.74) is 1.59. The molecule has 0 aliphatic carbocycles. The molecule has 22 heavy (non-hydrogen) atoms.